The molecular weight excluding hydrogens is 358 g/mol. The lowest BCUT2D eigenvalue weighted by molar-refractivity contribution is -0.119. The van der Waals surface area contributed by atoms with E-state index in [2.05, 4.69) is 10.2 Å². The Morgan fingerprint density at radius 2 is 2.04 bits per heavy atom. The molecule has 1 amide bonds. The van der Waals surface area contributed by atoms with E-state index in [9.17, 15) is 13.2 Å². The standard InChI is InChI=1S/C17H27N3O5S/c1-14-4-5-16(24-2)15(12-14)20(26(3,22)23)13-17(21)18-6-7-19-8-10-25-11-9-19/h4-5,12H,6-11,13H2,1-3H3,(H,18,21). The van der Waals surface area contributed by atoms with Gasteiger partial charge in [-0.2, -0.15) is 0 Å². The molecule has 1 fully saturated rings. The Labute approximate surface area is 155 Å². The number of hydrogen-bond acceptors (Lipinski definition) is 6. The first kappa shape index (κ1) is 20.5. The van der Waals surface area contributed by atoms with E-state index >= 15 is 0 Å². The fourth-order valence-corrected chi connectivity index (χ4v) is 3.59. The van der Waals surface area contributed by atoms with E-state index < -0.39 is 10.0 Å². The van der Waals surface area contributed by atoms with E-state index in [4.69, 9.17) is 9.47 Å². The van der Waals surface area contributed by atoms with Crippen molar-refractivity contribution >= 4 is 21.6 Å². The molecule has 0 bridgehead atoms. The van der Waals surface area contributed by atoms with Gasteiger partial charge in [-0.1, -0.05) is 6.07 Å². The Balaban J connectivity index is 2.02. The van der Waals surface area contributed by atoms with Crippen molar-refractivity contribution in [3.05, 3.63) is 23.8 Å². The Kier molecular flexibility index (Phi) is 7.24. The average Bonchev–Trinajstić information content (AvgIpc) is 2.59. The number of benzene rings is 1. The molecule has 0 unspecified atom stereocenters. The topological polar surface area (TPSA) is 88.2 Å². The number of nitrogens with one attached hydrogen (secondary N) is 1. The van der Waals surface area contributed by atoms with Gasteiger partial charge in [0.25, 0.3) is 0 Å². The number of sulfonamides is 1. The summed E-state index contributed by atoms with van der Waals surface area (Å²) in [5.74, 6) is 0.0504. The highest BCUT2D eigenvalue weighted by Crippen LogP contribution is 2.30. The lowest BCUT2D eigenvalue weighted by Crippen LogP contribution is -2.44. The predicted molar refractivity (Wildman–Crippen MR) is 100 cm³/mol. The normalized spacial score (nSPS) is 15.5. The first-order chi connectivity index (χ1) is 12.3. The Hall–Kier alpha value is -1.84. The molecular formula is C17H27N3O5S. The monoisotopic (exact) mass is 385 g/mol. The number of nitrogens with zero attached hydrogens (tertiary/aromatic N) is 2. The summed E-state index contributed by atoms with van der Waals surface area (Å²) < 4.78 is 36.1. The number of hydrogen-bond donors (Lipinski definition) is 1. The molecule has 26 heavy (non-hydrogen) atoms. The second kappa shape index (κ2) is 9.20. The zero-order chi connectivity index (χ0) is 19.2. The fourth-order valence-electron chi connectivity index (χ4n) is 2.74. The highest BCUT2D eigenvalue weighted by atomic mass is 32.2. The van der Waals surface area contributed by atoms with Gasteiger partial charge in [-0.15, -0.1) is 0 Å². The van der Waals surface area contributed by atoms with Crippen molar-refractivity contribution < 1.29 is 22.7 Å². The molecule has 1 aromatic carbocycles. The summed E-state index contributed by atoms with van der Waals surface area (Å²) in [4.78, 5) is 14.5. The fraction of sp³-hybridized carbons (Fsp3) is 0.588. The third-order valence-corrected chi connectivity index (χ3v) is 5.27. The Morgan fingerprint density at radius 3 is 2.65 bits per heavy atom. The van der Waals surface area contributed by atoms with Gasteiger partial charge in [-0.3, -0.25) is 14.0 Å². The van der Waals surface area contributed by atoms with E-state index in [1.165, 1.54) is 7.11 Å². The number of anilines is 1. The number of ether oxygens (including phenoxy) is 2. The van der Waals surface area contributed by atoms with Crippen molar-refractivity contribution in [1.29, 1.82) is 0 Å². The number of carbonyl (C=O) groups excluding carboxylic acids is 1. The minimum atomic E-state index is -3.64. The molecule has 2 rings (SSSR count). The van der Waals surface area contributed by atoms with Gasteiger partial charge in [0.15, 0.2) is 0 Å². The van der Waals surface area contributed by atoms with Crippen LogP contribution in [0.5, 0.6) is 5.75 Å². The maximum atomic E-state index is 12.3. The maximum Gasteiger partial charge on any atom is 0.240 e. The molecule has 0 radical (unpaired) electrons. The largest absolute Gasteiger partial charge is 0.495 e. The van der Waals surface area contributed by atoms with Crippen LogP contribution in [0.3, 0.4) is 0 Å². The molecule has 0 spiro atoms. The lowest BCUT2D eigenvalue weighted by Gasteiger charge is -2.27. The number of aryl methyl sites for hydroxylation is 1. The van der Waals surface area contributed by atoms with Crippen LogP contribution < -0.4 is 14.4 Å². The van der Waals surface area contributed by atoms with Crippen LogP contribution in [0, 0.1) is 6.92 Å². The van der Waals surface area contributed by atoms with E-state index in [0.29, 0.717) is 37.7 Å². The summed E-state index contributed by atoms with van der Waals surface area (Å²) >= 11 is 0. The van der Waals surface area contributed by atoms with Crippen molar-refractivity contribution in [2.75, 3.05) is 63.6 Å². The predicted octanol–water partition coefficient (Wildman–Crippen LogP) is 0.218. The maximum absolute atomic E-state index is 12.3. The summed E-state index contributed by atoms with van der Waals surface area (Å²) in [6, 6.07) is 5.21. The van der Waals surface area contributed by atoms with Crippen LogP contribution in [-0.4, -0.2) is 78.5 Å². The number of morpholine rings is 1. The van der Waals surface area contributed by atoms with Crippen LogP contribution in [0.25, 0.3) is 0 Å². The molecule has 1 aliphatic rings. The SMILES string of the molecule is COc1ccc(C)cc1N(CC(=O)NCCN1CCOCC1)S(C)(=O)=O. The quantitative estimate of drug-likeness (QED) is 0.689. The van der Waals surface area contributed by atoms with Crippen LogP contribution >= 0.6 is 0 Å². The molecule has 0 atom stereocenters. The minimum absolute atomic E-state index is 0.290. The molecule has 9 heteroatoms. The third-order valence-electron chi connectivity index (χ3n) is 4.14. The van der Waals surface area contributed by atoms with Gasteiger partial charge < -0.3 is 14.8 Å². The molecule has 1 aliphatic heterocycles. The summed E-state index contributed by atoms with van der Waals surface area (Å²) in [5.41, 5.74) is 1.24. The van der Waals surface area contributed by atoms with Crippen LogP contribution in [0.2, 0.25) is 0 Å². The summed E-state index contributed by atoms with van der Waals surface area (Å²) in [6.45, 7) is 5.81. The highest BCUT2D eigenvalue weighted by molar-refractivity contribution is 7.92. The number of methoxy groups -OCH3 is 1. The molecule has 1 N–H and O–H groups in total. The van der Waals surface area contributed by atoms with Gasteiger partial charge in [0.05, 0.1) is 32.3 Å². The second-order valence-electron chi connectivity index (χ2n) is 6.25. The highest BCUT2D eigenvalue weighted by Gasteiger charge is 2.24. The second-order valence-corrected chi connectivity index (χ2v) is 8.16. The molecule has 0 aliphatic carbocycles. The van der Waals surface area contributed by atoms with Crippen LogP contribution in [0.1, 0.15) is 5.56 Å². The van der Waals surface area contributed by atoms with Gasteiger partial charge in [0.1, 0.15) is 12.3 Å². The van der Waals surface area contributed by atoms with E-state index in [-0.39, 0.29) is 12.5 Å². The summed E-state index contributed by atoms with van der Waals surface area (Å²) in [5, 5.41) is 2.79. The van der Waals surface area contributed by atoms with E-state index in [0.717, 1.165) is 29.2 Å². The molecule has 1 heterocycles. The Morgan fingerprint density at radius 1 is 1.35 bits per heavy atom. The van der Waals surface area contributed by atoms with Crippen LogP contribution in [-0.2, 0) is 19.6 Å². The summed E-state index contributed by atoms with van der Waals surface area (Å²) in [7, 11) is -2.17. The smallest absolute Gasteiger partial charge is 0.240 e. The van der Waals surface area contributed by atoms with Crippen LogP contribution in [0.4, 0.5) is 5.69 Å². The molecule has 0 aromatic heterocycles. The summed E-state index contributed by atoms with van der Waals surface area (Å²) in [6.07, 6.45) is 1.08. The van der Waals surface area contributed by atoms with E-state index in [1.807, 2.05) is 13.0 Å². The zero-order valence-corrected chi connectivity index (χ0v) is 16.3. The zero-order valence-electron chi connectivity index (χ0n) is 15.5. The molecule has 8 nitrogen and oxygen atoms in total. The van der Waals surface area contributed by atoms with Gasteiger partial charge in [0, 0.05) is 26.2 Å². The Bertz CT molecular complexity index is 717. The molecule has 1 aromatic rings. The average molecular weight is 385 g/mol. The van der Waals surface area contributed by atoms with E-state index in [1.54, 1.807) is 12.1 Å². The van der Waals surface area contributed by atoms with Gasteiger partial charge in [0.2, 0.25) is 15.9 Å². The first-order valence-corrected chi connectivity index (χ1v) is 10.3. The molecule has 146 valence electrons. The van der Waals surface area contributed by atoms with Crippen molar-refractivity contribution in [3.8, 4) is 5.75 Å². The van der Waals surface area contributed by atoms with Crippen molar-refractivity contribution in [2.45, 2.75) is 6.92 Å². The van der Waals surface area contributed by atoms with Crippen molar-refractivity contribution in [1.82, 2.24) is 10.2 Å². The number of rotatable bonds is 8. The van der Waals surface area contributed by atoms with Gasteiger partial charge in [-0.05, 0) is 24.6 Å². The van der Waals surface area contributed by atoms with Crippen molar-refractivity contribution in [2.24, 2.45) is 0 Å². The number of carbonyl (C=O) groups is 1. The van der Waals surface area contributed by atoms with Crippen LogP contribution in [0.15, 0.2) is 18.2 Å². The third kappa shape index (κ3) is 5.86. The van der Waals surface area contributed by atoms with Crippen molar-refractivity contribution in [3.63, 3.8) is 0 Å². The van der Waals surface area contributed by atoms with Gasteiger partial charge >= 0.3 is 0 Å². The van der Waals surface area contributed by atoms with Gasteiger partial charge in [-0.25, -0.2) is 8.42 Å². The number of amides is 1. The minimum Gasteiger partial charge on any atom is -0.495 e. The first-order valence-electron chi connectivity index (χ1n) is 8.50. The molecule has 0 saturated carbocycles. The lowest BCUT2D eigenvalue weighted by atomic mass is 10.2. The molecule has 1 saturated heterocycles.